The lowest BCUT2D eigenvalue weighted by Gasteiger charge is -2.17. The fourth-order valence-corrected chi connectivity index (χ4v) is 1.94. The molecule has 6 nitrogen and oxygen atoms in total. The predicted molar refractivity (Wildman–Crippen MR) is 76.0 cm³/mol. The summed E-state index contributed by atoms with van der Waals surface area (Å²) in [5.74, 6) is 0.0528. The Hall–Kier alpha value is -2.21. The third kappa shape index (κ3) is 3.64. The van der Waals surface area contributed by atoms with Crippen LogP contribution < -0.4 is 0 Å². The lowest BCUT2D eigenvalue weighted by molar-refractivity contribution is -0.384. The fourth-order valence-electron chi connectivity index (χ4n) is 1.94. The summed E-state index contributed by atoms with van der Waals surface area (Å²) in [6.45, 7) is 1.52. The van der Waals surface area contributed by atoms with Gasteiger partial charge in [0.2, 0.25) is 0 Å². The lowest BCUT2D eigenvalue weighted by Crippen LogP contribution is -2.12. The largest absolute Gasteiger partial charge is 0.330 e. The Morgan fingerprint density at radius 1 is 1.40 bits per heavy atom. The van der Waals surface area contributed by atoms with Gasteiger partial charge in [0, 0.05) is 30.9 Å². The topological polar surface area (TPSA) is 78.0 Å². The molecule has 0 aliphatic rings. The molecule has 0 radical (unpaired) electrons. The summed E-state index contributed by atoms with van der Waals surface area (Å²) < 4.78 is 1.82. The van der Waals surface area contributed by atoms with Crippen molar-refractivity contribution in [3.8, 4) is 0 Å². The number of nitrogens with zero attached hydrogens (tertiary/aromatic N) is 3. The van der Waals surface area contributed by atoms with Gasteiger partial charge in [0.1, 0.15) is 5.78 Å². The molecule has 0 bridgehead atoms. The smallest absolute Gasteiger partial charge is 0.269 e. The van der Waals surface area contributed by atoms with Crippen LogP contribution in [0.25, 0.3) is 0 Å². The summed E-state index contributed by atoms with van der Waals surface area (Å²) in [5.41, 5.74) is 0.884. The molecule has 1 heterocycles. The van der Waals surface area contributed by atoms with Crippen molar-refractivity contribution in [1.82, 2.24) is 9.55 Å². The molecule has 2 aromatic rings. The van der Waals surface area contributed by atoms with Crippen molar-refractivity contribution in [3.63, 3.8) is 0 Å². The van der Waals surface area contributed by atoms with Crippen molar-refractivity contribution >= 4 is 23.9 Å². The van der Waals surface area contributed by atoms with Crippen LogP contribution in [0.2, 0.25) is 0 Å². The van der Waals surface area contributed by atoms with Crippen LogP contribution in [-0.4, -0.2) is 20.3 Å². The summed E-state index contributed by atoms with van der Waals surface area (Å²) in [4.78, 5) is 25.5. The van der Waals surface area contributed by atoms with Crippen LogP contribution in [0.5, 0.6) is 0 Å². The van der Waals surface area contributed by atoms with E-state index >= 15 is 0 Å². The Labute approximate surface area is 122 Å². The van der Waals surface area contributed by atoms with E-state index in [-0.39, 0.29) is 29.9 Å². The van der Waals surface area contributed by atoms with Gasteiger partial charge < -0.3 is 4.57 Å². The number of hydrogen-bond donors (Lipinski definition) is 0. The van der Waals surface area contributed by atoms with E-state index in [0.717, 1.165) is 5.56 Å². The molecule has 0 aliphatic heterocycles. The highest BCUT2D eigenvalue weighted by atomic mass is 35.5. The van der Waals surface area contributed by atoms with Crippen LogP contribution in [-0.2, 0) is 4.79 Å². The van der Waals surface area contributed by atoms with Gasteiger partial charge in [-0.2, -0.15) is 0 Å². The molecule has 0 N–H and O–H groups in total. The third-order valence-corrected chi connectivity index (χ3v) is 2.85. The van der Waals surface area contributed by atoms with Gasteiger partial charge in [0.25, 0.3) is 5.69 Å². The summed E-state index contributed by atoms with van der Waals surface area (Å²) in [6, 6.07) is 6.05. The molecular weight excluding hydrogens is 282 g/mol. The Kier molecular flexibility index (Phi) is 5.40. The number of carbonyl (C=O) groups excluding carboxylic acids is 1. The number of rotatable bonds is 5. The molecule has 1 unspecified atom stereocenters. The number of Topliss-reactive ketones (excluding diaryl/α,β-unsaturated/α-hetero) is 1. The Morgan fingerprint density at radius 3 is 2.50 bits per heavy atom. The minimum Gasteiger partial charge on any atom is -0.330 e. The van der Waals surface area contributed by atoms with Crippen LogP contribution in [0.4, 0.5) is 5.69 Å². The van der Waals surface area contributed by atoms with E-state index in [9.17, 15) is 14.9 Å². The highest BCUT2D eigenvalue weighted by Gasteiger charge is 2.16. The van der Waals surface area contributed by atoms with Gasteiger partial charge >= 0.3 is 0 Å². The molecule has 2 rings (SSSR count). The van der Waals surface area contributed by atoms with Crippen molar-refractivity contribution in [2.24, 2.45) is 0 Å². The van der Waals surface area contributed by atoms with Crippen molar-refractivity contribution < 1.29 is 9.72 Å². The second-order valence-electron chi connectivity index (χ2n) is 4.28. The minimum absolute atomic E-state index is 0. The van der Waals surface area contributed by atoms with E-state index < -0.39 is 4.92 Å². The average molecular weight is 296 g/mol. The minimum atomic E-state index is -0.443. The maximum absolute atomic E-state index is 11.4. The van der Waals surface area contributed by atoms with Gasteiger partial charge in [-0.25, -0.2) is 4.98 Å². The number of non-ortho nitro benzene ring substituents is 1. The van der Waals surface area contributed by atoms with E-state index in [1.54, 1.807) is 30.9 Å². The molecule has 0 amide bonds. The molecule has 1 aromatic heterocycles. The zero-order valence-electron chi connectivity index (χ0n) is 10.8. The molecule has 0 spiro atoms. The van der Waals surface area contributed by atoms with Gasteiger partial charge in [-0.1, -0.05) is 12.1 Å². The van der Waals surface area contributed by atoms with Crippen LogP contribution >= 0.6 is 12.4 Å². The van der Waals surface area contributed by atoms with Gasteiger partial charge in [-0.15, -0.1) is 12.4 Å². The van der Waals surface area contributed by atoms with E-state index in [2.05, 4.69) is 4.98 Å². The highest BCUT2D eigenvalue weighted by molar-refractivity contribution is 5.85. The number of imidazole rings is 1. The van der Waals surface area contributed by atoms with Crippen LogP contribution in [0.3, 0.4) is 0 Å². The lowest BCUT2D eigenvalue weighted by atomic mass is 10.0. The Morgan fingerprint density at radius 2 is 2.05 bits per heavy atom. The molecule has 1 aromatic carbocycles. The number of benzene rings is 1. The number of hydrogen-bond acceptors (Lipinski definition) is 4. The maximum Gasteiger partial charge on any atom is 0.269 e. The Bertz CT molecular complexity index is 581. The summed E-state index contributed by atoms with van der Waals surface area (Å²) >= 11 is 0. The fraction of sp³-hybridized carbons (Fsp3) is 0.231. The van der Waals surface area contributed by atoms with Gasteiger partial charge in [-0.3, -0.25) is 14.9 Å². The predicted octanol–water partition coefficient (Wildman–Crippen LogP) is 2.78. The summed E-state index contributed by atoms with van der Waals surface area (Å²) in [5, 5.41) is 10.6. The molecule has 0 fully saturated rings. The molecule has 106 valence electrons. The van der Waals surface area contributed by atoms with E-state index in [4.69, 9.17) is 0 Å². The summed E-state index contributed by atoms with van der Waals surface area (Å²) in [6.07, 6.45) is 5.37. The first-order chi connectivity index (χ1) is 9.08. The van der Waals surface area contributed by atoms with Crippen molar-refractivity contribution in [2.45, 2.75) is 19.4 Å². The van der Waals surface area contributed by atoms with Crippen molar-refractivity contribution in [3.05, 3.63) is 58.7 Å². The first-order valence-corrected chi connectivity index (χ1v) is 5.79. The number of nitro benzene ring substituents is 1. The maximum atomic E-state index is 11.4. The number of aromatic nitrogens is 2. The number of halogens is 1. The SMILES string of the molecule is CC(=O)CC(c1ccc([N+](=O)[O-])cc1)n1ccnc1.Cl. The Balaban J connectivity index is 0.00000200. The van der Waals surface area contributed by atoms with Crippen molar-refractivity contribution in [1.29, 1.82) is 0 Å². The number of carbonyl (C=O) groups is 1. The van der Waals surface area contributed by atoms with E-state index in [0.29, 0.717) is 6.42 Å². The first kappa shape index (κ1) is 15.8. The highest BCUT2D eigenvalue weighted by Crippen LogP contribution is 2.24. The van der Waals surface area contributed by atoms with Gasteiger partial charge in [0.15, 0.2) is 0 Å². The molecule has 0 saturated heterocycles. The van der Waals surface area contributed by atoms with E-state index in [1.807, 2.05) is 4.57 Å². The van der Waals surface area contributed by atoms with Gasteiger partial charge in [0.05, 0.1) is 17.3 Å². The molecular formula is C13H14ClN3O3. The van der Waals surface area contributed by atoms with Crippen LogP contribution in [0, 0.1) is 10.1 Å². The van der Waals surface area contributed by atoms with Crippen molar-refractivity contribution in [2.75, 3.05) is 0 Å². The second kappa shape index (κ2) is 6.81. The van der Waals surface area contributed by atoms with Crippen LogP contribution in [0.15, 0.2) is 43.0 Å². The summed E-state index contributed by atoms with van der Waals surface area (Å²) in [7, 11) is 0. The first-order valence-electron chi connectivity index (χ1n) is 5.79. The number of ketones is 1. The zero-order valence-corrected chi connectivity index (χ0v) is 11.6. The third-order valence-electron chi connectivity index (χ3n) is 2.85. The molecule has 0 aliphatic carbocycles. The average Bonchev–Trinajstić information content (AvgIpc) is 2.89. The molecule has 7 heteroatoms. The van der Waals surface area contributed by atoms with E-state index in [1.165, 1.54) is 19.1 Å². The quantitative estimate of drug-likeness (QED) is 0.627. The van der Waals surface area contributed by atoms with Crippen LogP contribution in [0.1, 0.15) is 24.9 Å². The van der Waals surface area contributed by atoms with Gasteiger partial charge in [-0.05, 0) is 12.5 Å². The second-order valence-corrected chi connectivity index (χ2v) is 4.28. The standard InChI is InChI=1S/C13H13N3O3.ClH/c1-10(17)8-13(15-7-6-14-9-15)11-2-4-12(5-3-11)16(18)19;/h2-7,9,13H,8H2,1H3;1H. The zero-order chi connectivity index (χ0) is 13.8. The normalized spacial score (nSPS) is 11.4. The number of nitro groups is 1. The monoisotopic (exact) mass is 295 g/mol. The molecule has 20 heavy (non-hydrogen) atoms. The molecule has 0 saturated carbocycles. The molecule has 1 atom stereocenters.